The van der Waals surface area contributed by atoms with Crippen LogP contribution in [0.2, 0.25) is 0 Å². The monoisotopic (exact) mass is 628 g/mol. The highest BCUT2D eigenvalue weighted by Gasteiger charge is 2.25. The van der Waals surface area contributed by atoms with Crippen molar-refractivity contribution in [2.24, 2.45) is 0 Å². The molecule has 0 saturated carbocycles. The van der Waals surface area contributed by atoms with Crippen molar-refractivity contribution in [3.63, 3.8) is 0 Å². The third-order valence-corrected chi connectivity index (χ3v) is 10.2. The van der Waals surface area contributed by atoms with Gasteiger partial charge in [0, 0.05) is 43.1 Å². The average molecular weight is 629 g/mol. The number of aromatic nitrogens is 2. The van der Waals surface area contributed by atoms with Crippen molar-refractivity contribution in [2.45, 2.75) is 52.4 Å². The number of para-hydroxylation sites is 2. The van der Waals surface area contributed by atoms with Crippen LogP contribution >= 0.6 is 0 Å². The van der Waals surface area contributed by atoms with Crippen molar-refractivity contribution in [3.8, 4) is 0 Å². The summed E-state index contributed by atoms with van der Waals surface area (Å²) in [6, 6.07) is 26.2. The first-order chi connectivity index (χ1) is 22.8. The summed E-state index contributed by atoms with van der Waals surface area (Å²) in [4.78, 5) is 57.4. The van der Waals surface area contributed by atoms with Crippen molar-refractivity contribution < 1.29 is 0 Å². The summed E-state index contributed by atoms with van der Waals surface area (Å²) in [5.74, 6) is 0. The lowest BCUT2D eigenvalue weighted by atomic mass is 9.84. The Morgan fingerprint density at radius 2 is 0.688 bits per heavy atom. The number of pyridine rings is 4. The standard InChI is InChI=1S/C42H32N2O4/c1-41(2,3)21-15-27-35-29(17-21)39(47)25-19-34-26(20-33(25)43(35)31-13-9-7-11-23(31)37(27)45)40(48)30-18-22(42(4,5)6)16-28-36(30)44(34)32-14-10-8-12-24(32)38(28)46/h7-20H,1-6H3. The maximum Gasteiger partial charge on any atom is 0.197 e. The predicted octanol–water partition coefficient (Wildman–Crippen LogP) is 8.02. The summed E-state index contributed by atoms with van der Waals surface area (Å²) in [6.07, 6.45) is 0. The van der Waals surface area contributed by atoms with E-state index in [9.17, 15) is 19.2 Å². The minimum atomic E-state index is -0.313. The van der Waals surface area contributed by atoms with Gasteiger partial charge in [0.05, 0.1) is 33.1 Å². The lowest BCUT2D eigenvalue weighted by molar-refractivity contribution is 0.591. The molecular weight excluding hydrogens is 596 g/mol. The Kier molecular flexibility index (Phi) is 5.39. The van der Waals surface area contributed by atoms with E-state index in [0.717, 1.165) is 11.1 Å². The number of hydrogen-bond acceptors (Lipinski definition) is 4. The molecule has 0 amide bonds. The van der Waals surface area contributed by atoms with Crippen molar-refractivity contribution in [1.82, 2.24) is 8.80 Å². The van der Waals surface area contributed by atoms with Gasteiger partial charge in [0.25, 0.3) is 0 Å². The largest absolute Gasteiger partial charge is 0.307 e. The molecule has 48 heavy (non-hydrogen) atoms. The first-order valence-electron chi connectivity index (χ1n) is 16.3. The van der Waals surface area contributed by atoms with E-state index in [1.165, 1.54) is 0 Å². The summed E-state index contributed by atoms with van der Waals surface area (Å²) in [6.45, 7) is 12.4. The zero-order valence-corrected chi connectivity index (χ0v) is 27.6. The van der Waals surface area contributed by atoms with Gasteiger partial charge in [0.15, 0.2) is 21.7 Å². The second kappa shape index (κ2) is 9.04. The molecule has 0 aliphatic rings. The van der Waals surface area contributed by atoms with Crippen molar-refractivity contribution in [2.75, 3.05) is 0 Å². The van der Waals surface area contributed by atoms with Crippen LogP contribution in [0, 0.1) is 0 Å². The molecule has 0 saturated heterocycles. The van der Waals surface area contributed by atoms with Crippen LogP contribution in [0.5, 0.6) is 0 Å². The Labute approximate surface area is 273 Å². The minimum absolute atomic E-state index is 0.125. The van der Waals surface area contributed by atoms with Crippen molar-refractivity contribution in [1.29, 1.82) is 0 Å². The maximum absolute atomic E-state index is 14.7. The van der Waals surface area contributed by atoms with Gasteiger partial charge in [-0.1, -0.05) is 65.8 Å². The molecule has 0 N–H and O–H groups in total. The minimum Gasteiger partial charge on any atom is -0.307 e. The van der Waals surface area contributed by atoms with Crippen LogP contribution in [0.1, 0.15) is 52.7 Å². The zero-order chi connectivity index (χ0) is 33.6. The molecule has 9 aromatic rings. The summed E-state index contributed by atoms with van der Waals surface area (Å²) in [7, 11) is 0. The predicted molar refractivity (Wildman–Crippen MR) is 198 cm³/mol. The van der Waals surface area contributed by atoms with Gasteiger partial charge in [0.2, 0.25) is 0 Å². The highest BCUT2D eigenvalue weighted by atomic mass is 16.1. The first kappa shape index (κ1) is 28.6. The van der Waals surface area contributed by atoms with E-state index in [1.807, 2.05) is 93.7 Å². The molecule has 0 unspecified atom stereocenters. The summed E-state index contributed by atoms with van der Waals surface area (Å²) >= 11 is 0. The van der Waals surface area contributed by atoms with Crippen LogP contribution in [0.15, 0.2) is 104 Å². The van der Waals surface area contributed by atoms with E-state index in [0.29, 0.717) is 76.2 Å². The summed E-state index contributed by atoms with van der Waals surface area (Å²) in [5, 5.41) is 3.82. The SMILES string of the molecule is CC(C)(C)c1cc2c(=O)c3ccccc3n3c4cc5c(=O)c6cc(C(C)(C)C)cc7c(=O)c8ccccc8n(c5cc4c(=O)c(c1)c23)c76. The fraction of sp³-hybridized carbons (Fsp3) is 0.190. The smallest absolute Gasteiger partial charge is 0.197 e. The van der Waals surface area contributed by atoms with Crippen molar-refractivity contribution in [3.05, 3.63) is 137 Å². The molecule has 4 heterocycles. The van der Waals surface area contributed by atoms with Crippen LogP contribution in [-0.4, -0.2) is 8.80 Å². The fourth-order valence-electron chi connectivity index (χ4n) is 7.66. The number of benzene rings is 5. The van der Waals surface area contributed by atoms with E-state index in [1.54, 1.807) is 0 Å². The van der Waals surface area contributed by atoms with Gasteiger partial charge in [-0.15, -0.1) is 0 Å². The molecule has 0 aliphatic heterocycles. The molecule has 6 heteroatoms. The van der Waals surface area contributed by atoms with Crippen LogP contribution in [0.25, 0.3) is 76.2 Å². The molecule has 4 aromatic heterocycles. The van der Waals surface area contributed by atoms with E-state index < -0.39 is 0 Å². The lowest BCUT2D eigenvalue weighted by Crippen LogP contribution is -2.19. The molecule has 234 valence electrons. The van der Waals surface area contributed by atoms with E-state index in [-0.39, 0.29) is 32.5 Å². The maximum atomic E-state index is 14.7. The molecular formula is C42H32N2O4. The molecule has 0 radical (unpaired) electrons. The van der Waals surface area contributed by atoms with E-state index in [4.69, 9.17) is 0 Å². The Bertz CT molecular complexity index is 2940. The van der Waals surface area contributed by atoms with Gasteiger partial charge in [-0.3, -0.25) is 19.2 Å². The Hall–Kier alpha value is -5.62. The third kappa shape index (κ3) is 3.57. The normalized spacial score (nSPS) is 13.1. The highest BCUT2D eigenvalue weighted by molar-refractivity contribution is 6.13. The van der Waals surface area contributed by atoms with Crippen LogP contribution in [-0.2, 0) is 10.8 Å². The Morgan fingerprint density at radius 1 is 0.375 bits per heavy atom. The second-order valence-corrected chi connectivity index (χ2v) is 15.2. The van der Waals surface area contributed by atoms with Gasteiger partial charge < -0.3 is 8.80 Å². The first-order valence-corrected chi connectivity index (χ1v) is 16.3. The number of rotatable bonds is 0. The fourth-order valence-corrected chi connectivity index (χ4v) is 7.66. The molecule has 9 rings (SSSR count). The van der Waals surface area contributed by atoms with E-state index >= 15 is 0 Å². The third-order valence-electron chi connectivity index (χ3n) is 10.2. The Morgan fingerprint density at radius 3 is 1.02 bits per heavy atom. The van der Waals surface area contributed by atoms with Crippen LogP contribution in [0.3, 0.4) is 0 Å². The molecule has 0 spiro atoms. The quantitative estimate of drug-likeness (QED) is 0.126. The number of nitrogens with zero attached hydrogens (tertiary/aromatic N) is 2. The Balaban J connectivity index is 1.63. The van der Waals surface area contributed by atoms with E-state index in [2.05, 4.69) is 41.5 Å². The van der Waals surface area contributed by atoms with Crippen LogP contribution in [0.4, 0.5) is 0 Å². The average Bonchev–Trinajstić information content (AvgIpc) is 3.06. The molecule has 6 nitrogen and oxygen atoms in total. The zero-order valence-electron chi connectivity index (χ0n) is 27.6. The summed E-state index contributed by atoms with van der Waals surface area (Å²) < 4.78 is 3.97. The highest BCUT2D eigenvalue weighted by Crippen LogP contribution is 2.35. The molecule has 0 aliphatic carbocycles. The second-order valence-electron chi connectivity index (χ2n) is 15.2. The summed E-state index contributed by atoms with van der Waals surface area (Å²) in [5.41, 5.74) is 4.06. The van der Waals surface area contributed by atoms with Gasteiger partial charge in [-0.2, -0.15) is 0 Å². The topological polar surface area (TPSA) is 77.1 Å². The van der Waals surface area contributed by atoms with Gasteiger partial charge in [-0.25, -0.2) is 0 Å². The molecule has 0 atom stereocenters. The van der Waals surface area contributed by atoms with Gasteiger partial charge in [-0.05, 0) is 82.6 Å². The van der Waals surface area contributed by atoms with Crippen molar-refractivity contribution >= 4 is 76.2 Å². The molecule has 0 fully saturated rings. The lowest BCUT2D eigenvalue weighted by Gasteiger charge is -2.23. The van der Waals surface area contributed by atoms with Gasteiger partial charge in [0.1, 0.15) is 0 Å². The molecule has 5 aromatic carbocycles. The number of hydrogen-bond donors (Lipinski definition) is 0. The number of fused-ring (bicyclic) bond motifs is 8. The van der Waals surface area contributed by atoms with Gasteiger partial charge >= 0.3 is 0 Å². The van der Waals surface area contributed by atoms with Crippen LogP contribution < -0.4 is 21.7 Å². The molecule has 0 bridgehead atoms.